The van der Waals surface area contributed by atoms with E-state index in [4.69, 9.17) is 5.11 Å². The number of carbonyl (C=O) groups is 2. The van der Waals surface area contributed by atoms with Crippen molar-refractivity contribution in [1.29, 1.82) is 0 Å². The molecule has 0 fully saturated rings. The van der Waals surface area contributed by atoms with E-state index in [1.54, 1.807) is 11.8 Å². The lowest BCUT2D eigenvalue weighted by Gasteiger charge is -2.20. The number of carboxylic acids is 1. The lowest BCUT2D eigenvalue weighted by atomic mass is 10.3. The normalized spacial score (nSPS) is 9.94. The molecule has 2 N–H and O–H groups in total. The summed E-state index contributed by atoms with van der Waals surface area (Å²) in [5.41, 5.74) is 0.473. The summed E-state index contributed by atoms with van der Waals surface area (Å²) in [5.74, 6) is -1.05. The van der Waals surface area contributed by atoms with Gasteiger partial charge in [0.2, 0.25) is 11.9 Å². The van der Waals surface area contributed by atoms with E-state index in [2.05, 4.69) is 15.3 Å². The Balaban J connectivity index is 3.05. The van der Waals surface area contributed by atoms with Gasteiger partial charge < -0.3 is 15.3 Å². The Morgan fingerprint density at radius 2 is 2.11 bits per heavy atom. The Morgan fingerprint density at radius 3 is 2.61 bits per heavy atom. The van der Waals surface area contributed by atoms with Gasteiger partial charge in [0.05, 0.1) is 6.54 Å². The molecule has 0 aromatic carbocycles. The first kappa shape index (κ1) is 13.9. The van der Waals surface area contributed by atoms with Crippen molar-refractivity contribution >= 4 is 17.8 Å². The van der Waals surface area contributed by atoms with Gasteiger partial charge in [0, 0.05) is 19.3 Å². The summed E-state index contributed by atoms with van der Waals surface area (Å²) < 4.78 is 0. The SMILES string of the molecule is CCN(CC(=O)NC)c1nc(C)cc(C(=O)O)n1. The van der Waals surface area contributed by atoms with Gasteiger partial charge in [-0.2, -0.15) is 0 Å². The zero-order valence-corrected chi connectivity index (χ0v) is 10.6. The molecule has 18 heavy (non-hydrogen) atoms. The third-order valence-corrected chi connectivity index (χ3v) is 2.34. The number of carboxylic acid groups (broad SMARTS) is 1. The molecule has 0 saturated heterocycles. The fraction of sp³-hybridized carbons (Fsp3) is 0.455. The summed E-state index contributed by atoms with van der Waals surface area (Å²) in [5, 5.41) is 11.4. The fourth-order valence-corrected chi connectivity index (χ4v) is 1.38. The molecule has 0 atom stereocenters. The molecular weight excluding hydrogens is 236 g/mol. The maximum absolute atomic E-state index is 11.3. The number of amides is 1. The number of nitrogens with zero attached hydrogens (tertiary/aromatic N) is 3. The predicted molar refractivity (Wildman–Crippen MR) is 65.7 cm³/mol. The van der Waals surface area contributed by atoms with Gasteiger partial charge in [0.1, 0.15) is 0 Å². The quantitative estimate of drug-likeness (QED) is 0.769. The van der Waals surface area contributed by atoms with Gasteiger partial charge in [-0.3, -0.25) is 4.79 Å². The highest BCUT2D eigenvalue weighted by Crippen LogP contribution is 2.10. The Morgan fingerprint density at radius 1 is 1.44 bits per heavy atom. The van der Waals surface area contributed by atoms with Crippen LogP contribution in [0.2, 0.25) is 0 Å². The fourth-order valence-electron chi connectivity index (χ4n) is 1.38. The van der Waals surface area contributed by atoms with Crippen molar-refractivity contribution in [2.24, 2.45) is 0 Å². The van der Waals surface area contributed by atoms with Gasteiger partial charge in [0.25, 0.3) is 0 Å². The number of carbonyl (C=O) groups excluding carboxylic acids is 1. The molecule has 0 aliphatic carbocycles. The maximum Gasteiger partial charge on any atom is 0.354 e. The molecule has 1 aromatic heterocycles. The second-order valence-electron chi connectivity index (χ2n) is 3.69. The molecule has 1 amide bonds. The molecule has 7 nitrogen and oxygen atoms in total. The first-order valence-corrected chi connectivity index (χ1v) is 5.52. The summed E-state index contributed by atoms with van der Waals surface area (Å²) in [6, 6.07) is 1.39. The zero-order chi connectivity index (χ0) is 13.7. The summed E-state index contributed by atoms with van der Waals surface area (Å²) in [7, 11) is 1.54. The molecule has 0 aliphatic heterocycles. The Hall–Kier alpha value is -2.18. The van der Waals surface area contributed by atoms with E-state index in [0.717, 1.165) is 0 Å². The molecule has 0 unspecified atom stereocenters. The van der Waals surface area contributed by atoms with Gasteiger partial charge in [-0.1, -0.05) is 0 Å². The van der Waals surface area contributed by atoms with E-state index >= 15 is 0 Å². The molecule has 1 rings (SSSR count). The largest absolute Gasteiger partial charge is 0.477 e. The smallest absolute Gasteiger partial charge is 0.354 e. The molecule has 0 saturated carbocycles. The molecule has 0 radical (unpaired) electrons. The van der Waals surface area contributed by atoms with Crippen LogP contribution in [0.3, 0.4) is 0 Å². The van der Waals surface area contributed by atoms with Crippen LogP contribution in [0.5, 0.6) is 0 Å². The molecule has 98 valence electrons. The van der Waals surface area contributed by atoms with Crippen LogP contribution in [0.4, 0.5) is 5.95 Å². The number of aromatic carboxylic acids is 1. The van der Waals surface area contributed by atoms with Crippen molar-refractivity contribution in [3.05, 3.63) is 17.5 Å². The Labute approximate surface area is 105 Å². The van der Waals surface area contributed by atoms with Crippen LogP contribution in [0, 0.1) is 6.92 Å². The molecule has 0 aliphatic rings. The number of likely N-dealkylation sites (N-methyl/N-ethyl adjacent to an activating group) is 2. The van der Waals surface area contributed by atoms with E-state index in [-0.39, 0.29) is 24.1 Å². The molecule has 0 bridgehead atoms. The van der Waals surface area contributed by atoms with Crippen LogP contribution >= 0.6 is 0 Å². The number of rotatable bonds is 5. The highest BCUT2D eigenvalue weighted by atomic mass is 16.4. The van der Waals surface area contributed by atoms with Gasteiger partial charge >= 0.3 is 5.97 Å². The Kier molecular flexibility index (Phi) is 4.59. The van der Waals surface area contributed by atoms with Gasteiger partial charge in [-0.15, -0.1) is 0 Å². The number of hydrogen-bond donors (Lipinski definition) is 2. The second kappa shape index (κ2) is 5.95. The number of nitrogens with one attached hydrogen (secondary N) is 1. The third-order valence-electron chi connectivity index (χ3n) is 2.34. The Bertz CT molecular complexity index is 462. The highest BCUT2D eigenvalue weighted by molar-refractivity contribution is 5.86. The minimum absolute atomic E-state index is 0.0761. The van der Waals surface area contributed by atoms with Gasteiger partial charge in [0.15, 0.2) is 5.69 Å². The lowest BCUT2D eigenvalue weighted by Crippen LogP contribution is -2.36. The van der Waals surface area contributed by atoms with Crippen LogP contribution < -0.4 is 10.2 Å². The van der Waals surface area contributed by atoms with Crippen molar-refractivity contribution in [2.75, 3.05) is 25.0 Å². The van der Waals surface area contributed by atoms with E-state index in [1.165, 1.54) is 13.1 Å². The minimum atomic E-state index is -1.11. The summed E-state index contributed by atoms with van der Waals surface area (Å²) in [6.07, 6.45) is 0. The summed E-state index contributed by atoms with van der Waals surface area (Å²) in [6.45, 7) is 4.13. The minimum Gasteiger partial charge on any atom is -0.477 e. The molecule has 1 aromatic rings. The van der Waals surface area contributed by atoms with Crippen molar-refractivity contribution in [3.63, 3.8) is 0 Å². The number of aromatic nitrogens is 2. The predicted octanol–water partition coefficient (Wildman–Crippen LogP) is 0.0555. The van der Waals surface area contributed by atoms with Gasteiger partial charge in [-0.25, -0.2) is 14.8 Å². The van der Waals surface area contributed by atoms with Crippen LogP contribution in [0.15, 0.2) is 6.07 Å². The standard InChI is InChI=1S/C11H16N4O3/c1-4-15(6-9(16)12-3)11-13-7(2)5-8(14-11)10(17)18/h5H,4,6H2,1-3H3,(H,12,16)(H,17,18). The van der Waals surface area contributed by atoms with Crippen LogP contribution in [0.25, 0.3) is 0 Å². The van der Waals surface area contributed by atoms with E-state index in [1.807, 2.05) is 6.92 Å². The summed E-state index contributed by atoms with van der Waals surface area (Å²) in [4.78, 5) is 31.9. The molecular formula is C11H16N4O3. The third kappa shape index (κ3) is 3.41. The topological polar surface area (TPSA) is 95.4 Å². The monoisotopic (exact) mass is 252 g/mol. The summed E-state index contributed by atoms with van der Waals surface area (Å²) >= 11 is 0. The van der Waals surface area contributed by atoms with Crippen molar-refractivity contribution < 1.29 is 14.7 Å². The lowest BCUT2D eigenvalue weighted by molar-refractivity contribution is -0.119. The van der Waals surface area contributed by atoms with Crippen LogP contribution in [-0.4, -0.2) is 47.1 Å². The van der Waals surface area contributed by atoms with Crippen LogP contribution in [0.1, 0.15) is 23.1 Å². The van der Waals surface area contributed by atoms with Crippen LogP contribution in [-0.2, 0) is 4.79 Å². The van der Waals surface area contributed by atoms with Crippen molar-refractivity contribution in [2.45, 2.75) is 13.8 Å². The first-order valence-electron chi connectivity index (χ1n) is 5.52. The molecule has 0 spiro atoms. The zero-order valence-electron chi connectivity index (χ0n) is 10.6. The average Bonchev–Trinajstić information content (AvgIpc) is 2.34. The first-order chi connectivity index (χ1) is 8.47. The van der Waals surface area contributed by atoms with E-state index < -0.39 is 5.97 Å². The number of hydrogen-bond acceptors (Lipinski definition) is 5. The van der Waals surface area contributed by atoms with Crippen molar-refractivity contribution in [3.8, 4) is 0 Å². The van der Waals surface area contributed by atoms with Gasteiger partial charge in [-0.05, 0) is 19.9 Å². The molecule has 1 heterocycles. The van der Waals surface area contributed by atoms with E-state index in [0.29, 0.717) is 12.2 Å². The second-order valence-corrected chi connectivity index (χ2v) is 3.69. The van der Waals surface area contributed by atoms with E-state index in [9.17, 15) is 9.59 Å². The number of anilines is 1. The average molecular weight is 252 g/mol. The highest BCUT2D eigenvalue weighted by Gasteiger charge is 2.15. The number of aryl methyl sites for hydroxylation is 1. The molecule has 7 heteroatoms. The van der Waals surface area contributed by atoms with Crippen molar-refractivity contribution in [1.82, 2.24) is 15.3 Å². The maximum atomic E-state index is 11.3.